The van der Waals surface area contributed by atoms with Crippen LogP contribution >= 0.6 is 0 Å². The molecule has 9 atom stereocenters. The van der Waals surface area contributed by atoms with Crippen LogP contribution in [0.25, 0.3) is 0 Å². The highest BCUT2D eigenvalue weighted by atomic mass is 16.3. The number of likely N-dealkylation sites (N-methyl/N-ethyl adjacent to an activating group) is 1. The minimum atomic E-state index is -0.0146. The van der Waals surface area contributed by atoms with Crippen molar-refractivity contribution in [2.75, 3.05) is 20.1 Å². The molecule has 4 saturated carbocycles. The zero-order chi connectivity index (χ0) is 17.8. The number of quaternary nitrogens is 2. The highest BCUT2D eigenvalue weighted by Crippen LogP contribution is 2.65. The molecule has 0 aromatic heterocycles. The van der Waals surface area contributed by atoms with Crippen LogP contribution < -0.4 is 10.6 Å². The van der Waals surface area contributed by atoms with Gasteiger partial charge in [0.2, 0.25) is 0 Å². The molecule has 3 nitrogen and oxygen atoms in total. The van der Waals surface area contributed by atoms with Gasteiger partial charge in [-0.05, 0) is 80.5 Å². The smallest absolute Gasteiger partial charge is 0.127 e. The number of hydrogen-bond acceptors (Lipinski definition) is 1. The van der Waals surface area contributed by atoms with Crippen LogP contribution in [-0.4, -0.2) is 37.4 Å². The molecule has 1 unspecified atom stereocenters. The molecule has 0 aromatic carbocycles. The first kappa shape index (κ1) is 18.3. The van der Waals surface area contributed by atoms with Crippen LogP contribution in [0, 0.1) is 34.5 Å². The van der Waals surface area contributed by atoms with Crippen LogP contribution in [0.15, 0.2) is 0 Å². The average Bonchev–Trinajstić information content (AvgIpc) is 2.93. The topological polar surface area (TPSA) is 52.3 Å². The van der Waals surface area contributed by atoms with E-state index in [4.69, 9.17) is 0 Å². The van der Waals surface area contributed by atoms with E-state index in [1.807, 2.05) is 0 Å². The molecule has 4 fully saturated rings. The Balaban J connectivity index is 1.56. The van der Waals surface area contributed by atoms with E-state index >= 15 is 0 Å². The molecule has 25 heavy (non-hydrogen) atoms. The van der Waals surface area contributed by atoms with Crippen molar-refractivity contribution in [1.82, 2.24) is 0 Å². The third-order valence-electron chi connectivity index (χ3n) is 9.80. The molecular formula is C22H42N2O+2. The molecule has 0 aliphatic heterocycles. The van der Waals surface area contributed by atoms with Crippen molar-refractivity contribution in [2.24, 2.45) is 34.5 Å². The Morgan fingerprint density at radius 2 is 1.68 bits per heavy atom. The molecular weight excluding hydrogens is 308 g/mol. The summed E-state index contributed by atoms with van der Waals surface area (Å²) >= 11 is 0. The standard InChI is InChI=1S/C22H40N2O/c1-21-10-8-16(25)14-15(21)4-5-17-18-6-7-20(24(3)13-12-23)22(18,2)11-9-19(17)21/h15-20,25H,4-14,23H2,1-3H3/p+2/t15-,16-,17-,18-,19+,20-,21-,22+/m1/s1. The van der Waals surface area contributed by atoms with E-state index in [1.54, 1.807) is 4.90 Å². The highest BCUT2D eigenvalue weighted by molar-refractivity contribution is 5.09. The summed E-state index contributed by atoms with van der Waals surface area (Å²) in [5, 5.41) is 10.2. The van der Waals surface area contributed by atoms with Gasteiger partial charge in [-0.3, -0.25) is 0 Å². The predicted molar refractivity (Wildman–Crippen MR) is 101 cm³/mol. The lowest BCUT2D eigenvalue weighted by molar-refractivity contribution is -0.918. The molecule has 5 N–H and O–H groups in total. The lowest BCUT2D eigenvalue weighted by Crippen LogP contribution is -3.15. The van der Waals surface area contributed by atoms with Crippen LogP contribution in [0.5, 0.6) is 0 Å². The minimum absolute atomic E-state index is 0.0146. The number of aliphatic hydroxyl groups excluding tert-OH is 1. The monoisotopic (exact) mass is 350 g/mol. The van der Waals surface area contributed by atoms with Crippen molar-refractivity contribution in [3.05, 3.63) is 0 Å². The van der Waals surface area contributed by atoms with Crippen molar-refractivity contribution in [3.63, 3.8) is 0 Å². The van der Waals surface area contributed by atoms with Crippen molar-refractivity contribution in [2.45, 2.75) is 83.8 Å². The fourth-order valence-corrected chi connectivity index (χ4v) is 8.50. The van der Waals surface area contributed by atoms with Gasteiger partial charge in [0.15, 0.2) is 0 Å². The first-order chi connectivity index (χ1) is 11.9. The second-order valence-corrected chi connectivity index (χ2v) is 10.7. The van der Waals surface area contributed by atoms with Gasteiger partial charge < -0.3 is 15.7 Å². The van der Waals surface area contributed by atoms with Gasteiger partial charge in [0.1, 0.15) is 13.1 Å². The van der Waals surface area contributed by atoms with Crippen LogP contribution in [0.2, 0.25) is 0 Å². The largest absolute Gasteiger partial charge is 0.393 e. The van der Waals surface area contributed by atoms with E-state index in [0.717, 1.165) is 49.1 Å². The van der Waals surface area contributed by atoms with E-state index < -0.39 is 0 Å². The second kappa shape index (κ2) is 6.49. The zero-order valence-corrected chi connectivity index (χ0v) is 16.9. The SMILES string of the molecule is C[NH+](CC[NH3+])[C@@H]1CC[C@@H]2[C@H]3CC[C@@H]4C[C@H](O)CC[C@@]4(C)[C@H]3CC[C@@]21C. The van der Waals surface area contributed by atoms with Gasteiger partial charge in [0.05, 0.1) is 19.2 Å². The molecule has 0 heterocycles. The second-order valence-electron chi connectivity index (χ2n) is 10.7. The molecule has 144 valence electrons. The van der Waals surface area contributed by atoms with Gasteiger partial charge in [-0.25, -0.2) is 0 Å². The lowest BCUT2D eigenvalue weighted by atomic mass is 9.45. The van der Waals surface area contributed by atoms with Crippen LogP contribution in [0.4, 0.5) is 0 Å². The molecule has 0 spiro atoms. The summed E-state index contributed by atoms with van der Waals surface area (Å²) < 4.78 is 0. The van der Waals surface area contributed by atoms with Gasteiger partial charge in [0.25, 0.3) is 0 Å². The van der Waals surface area contributed by atoms with E-state index in [9.17, 15) is 5.11 Å². The number of aliphatic hydroxyl groups is 1. The molecule has 0 amide bonds. The van der Waals surface area contributed by atoms with Gasteiger partial charge in [-0.15, -0.1) is 0 Å². The van der Waals surface area contributed by atoms with Crippen molar-refractivity contribution in [1.29, 1.82) is 0 Å². The maximum Gasteiger partial charge on any atom is 0.127 e. The summed E-state index contributed by atoms with van der Waals surface area (Å²) in [5.41, 5.74) is 5.20. The summed E-state index contributed by atoms with van der Waals surface area (Å²) in [4.78, 5) is 1.75. The molecule has 0 bridgehead atoms. The number of fused-ring (bicyclic) bond motifs is 5. The first-order valence-electron chi connectivity index (χ1n) is 11.2. The zero-order valence-electron chi connectivity index (χ0n) is 16.9. The van der Waals surface area contributed by atoms with E-state index in [-0.39, 0.29) is 6.10 Å². The Morgan fingerprint density at radius 3 is 2.44 bits per heavy atom. The maximum absolute atomic E-state index is 10.2. The van der Waals surface area contributed by atoms with E-state index in [0.29, 0.717) is 10.8 Å². The van der Waals surface area contributed by atoms with Crippen molar-refractivity contribution >= 4 is 0 Å². The summed E-state index contributed by atoms with van der Waals surface area (Å²) in [6.45, 7) is 7.56. The van der Waals surface area contributed by atoms with Crippen molar-refractivity contribution < 1.29 is 15.7 Å². The fourth-order valence-electron chi connectivity index (χ4n) is 8.50. The Labute approximate surface area is 154 Å². The van der Waals surface area contributed by atoms with Gasteiger partial charge >= 0.3 is 0 Å². The molecule has 0 saturated heterocycles. The lowest BCUT2D eigenvalue weighted by Gasteiger charge is -2.60. The Kier molecular flexibility index (Phi) is 4.74. The van der Waals surface area contributed by atoms with Crippen LogP contribution in [-0.2, 0) is 0 Å². The van der Waals surface area contributed by atoms with Gasteiger partial charge in [-0.2, -0.15) is 0 Å². The minimum Gasteiger partial charge on any atom is -0.393 e. The van der Waals surface area contributed by atoms with E-state index in [1.165, 1.54) is 51.5 Å². The van der Waals surface area contributed by atoms with Crippen molar-refractivity contribution in [3.8, 4) is 0 Å². The normalized spacial score (nSPS) is 53.6. The summed E-state index contributed by atoms with van der Waals surface area (Å²) in [5.74, 6) is 3.65. The number of nitrogens with one attached hydrogen (secondary N) is 1. The highest BCUT2D eigenvalue weighted by Gasteiger charge is 2.61. The summed E-state index contributed by atoms with van der Waals surface area (Å²) in [6.07, 6.45) is 12.0. The molecule has 4 aliphatic rings. The van der Waals surface area contributed by atoms with Crippen LogP contribution in [0.1, 0.15) is 71.6 Å². The number of hydrogen-bond donors (Lipinski definition) is 3. The summed E-state index contributed by atoms with van der Waals surface area (Å²) in [6, 6.07) is 0.860. The van der Waals surface area contributed by atoms with E-state index in [2.05, 4.69) is 26.6 Å². The summed E-state index contributed by atoms with van der Waals surface area (Å²) in [7, 11) is 2.43. The predicted octanol–water partition coefficient (Wildman–Crippen LogP) is 1.52. The molecule has 3 heteroatoms. The molecule has 0 radical (unpaired) electrons. The quantitative estimate of drug-likeness (QED) is 0.710. The Hall–Kier alpha value is -0.120. The molecule has 4 aliphatic carbocycles. The fraction of sp³-hybridized carbons (Fsp3) is 1.00. The maximum atomic E-state index is 10.2. The molecule has 0 aromatic rings. The van der Waals surface area contributed by atoms with Crippen LogP contribution in [0.3, 0.4) is 0 Å². The Morgan fingerprint density at radius 1 is 0.960 bits per heavy atom. The van der Waals surface area contributed by atoms with Gasteiger partial charge in [0, 0.05) is 11.8 Å². The average molecular weight is 351 g/mol. The number of rotatable bonds is 3. The first-order valence-corrected chi connectivity index (χ1v) is 11.2. The third-order valence-corrected chi connectivity index (χ3v) is 9.80. The molecule has 4 rings (SSSR count). The van der Waals surface area contributed by atoms with Gasteiger partial charge in [-0.1, -0.05) is 13.8 Å². The third kappa shape index (κ3) is 2.72. The Bertz CT molecular complexity index is 496.